The van der Waals surface area contributed by atoms with Crippen molar-refractivity contribution in [2.75, 3.05) is 27.3 Å². The number of ether oxygens (including phenoxy) is 1. The van der Waals surface area contributed by atoms with Crippen molar-refractivity contribution in [1.82, 2.24) is 14.7 Å². The summed E-state index contributed by atoms with van der Waals surface area (Å²) in [7, 11) is 3.74. The minimum Gasteiger partial charge on any atom is -0.384 e. The molecular formula is C18H25N3O2. The molecule has 3 rings (SSSR count). The van der Waals surface area contributed by atoms with Crippen molar-refractivity contribution in [1.29, 1.82) is 0 Å². The van der Waals surface area contributed by atoms with E-state index in [-0.39, 0.29) is 0 Å². The van der Waals surface area contributed by atoms with Gasteiger partial charge < -0.3 is 9.84 Å². The van der Waals surface area contributed by atoms with Crippen LogP contribution < -0.4 is 0 Å². The lowest BCUT2D eigenvalue weighted by atomic mass is 9.95. The Hall–Kier alpha value is -1.69. The minimum atomic E-state index is -0.739. The van der Waals surface area contributed by atoms with Crippen LogP contribution in [-0.4, -0.2) is 47.1 Å². The summed E-state index contributed by atoms with van der Waals surface area (Å²) in [6.45, 7) is 2.83. The second kappa shape index (κ2) is 6.83. The van der Waals surface area contributed by atoms with Gasteiger partial charge in [0.05, 0.1) is 19.3 Å². The van der Waals surface area contributed by atoms with E-state index in [1.807, 2.05) is 36.3 Å². The first kappa shape index (κ1) is 16.2. The SMILES string of the molecule is COCCn1cc(CN(C)CC2(O)CCc3ccccc32)cn1. The molecule has 0 amide bonds. The molecule has 0 saturated heterocycles. The molecule has 5 nitrogen and oxygen atoms in total. The number of hydrogen-bond acceptors (Lipinski definition) is 4. The van der Waals surface area contributed by atoms with Crippen molar-refractivity contribution in [2.24, 2.45) is 0 Å². The lowest BCUT2D eigenvalue weighted by Gasteiger charge is -2.29. The fourth-order valence-electron chi connectivity index (χ4n) is 3.44. The van der Waals surface area contributed by atoms with Crippen molar-refractivity contribution < 1.29 is 9.84 Å². The largest absolute Gasteiger partial charge is 0.384 e. The van der Waals surface area contributed by atoms with Crippen LogP contribution in [0, 0.1) is 0 Å². The smallest absolute Gasteiger partial charge is 0.103 e. The lowest BCUT2D eigenvalue weighted by molar-refractivity contribution is 0.00548. The van der Waals surface area contributed by atoms with E-state index in [1.165, 1.54) is 5.56 Å². The summed E-state index contributed by atoms with van der Waals surface area (Å²) in [4.78, 5) is 2.17. The molecule has 1 aromatic heterocycles. The fraction of sp³-hybridized carbons (Fsp3) is 0.500. The highest BCUT2D eigenvalue weighted by Crippen LogP contribution is 2.37. The average Bonchev–Trinajstić information content (AvgIpc) is 3.11. The molecule has 124 valence electrons. The Bertz CT molecular complexity index is 655. The minimum absolute atomic E-state index is 0.632. The van der Waals surface area contributed by atoms with Gasteiger partial charge in [0, 0.05) is 32.0 Å². The Morgan fingerprint density at radius 2 is 2.22 bits per heavy atom. The van der Waals surface area contributed by atoms with E-state index in [0.29, 0.717) is 13.2 Å². The van der Waals surface area contributed by atoms with E-state index in [1.54, 1.807) is 7.11 Å². The molecule has 1 aliphatic carbocycles. The summed E-state index contributed by atoms with van der Waals surface area (Å²) in [5.74, 6) is 0. The highest BCUT2D eigenvalue weighted by molar-refractivity contribution is 5.37. The molecule has 1 atom stereocenters. The van der Waals surface area contributed by atoms with E-state index in [4.69, 9.17) is 4.74 Å². The van der Waals surface area contributed by atoms with E-state index in [9.17, 15) is 5.11 Å². The number of rotatable bonds is 7. The van der Waals surface area contributed by atoms with Crippen LogP contribution in [-0.2, 0) is 29.8 Å². The molecule has 0 aliphatic heterocycles. The van der Waals surface area contributed by atoms with Gasteiger partial charge in [-0.1, -0.05) is 24.3 Å². The molecule has 2 aromatic rings. The van der Waals surface area contributed by atoms with Crippen LogP contribution in [0.5, 0.6) is 0 Å². The van der Waals surface area contributed by atoms with Crippen LogP contribution in [0.15, 0.2) is 36.7 Å². The normalized spacial score (nSPS) is 20.2. The summed E-state index contributed by atoms with van der Waals surface area (Å²) >= 11 is 0. The number of methoxy groups -OCH3 is 1. The molecule has 23 heavy (non-hydrogen) atoms. The Kier molecular flexibility index (Phi) is 4.80. The van der Waals surface area contributed by atoms with Crippen LogP contribution in [0.3, 0.4) is 0 Å². The molecule has 1 aliphatic rings. The molecule has 0 spiro atoms. The monoisotopic (exact) mass is 315 g/mol. The van der Waals surface area contributed by atoms with Crippen LogP contribution in [0.4, 0.5) is 0 Å². The Balaban J connectivity index is 1.61. The number of fused-ring (bicyclic) bond motifs is 1. The summed E-state index contributed by atoms with van der Waals surface area (Å²) in [6, 6.07) is 8.23. The van der Waals surface area contributed by atoms with Crippen LogP contribution >= 0.6 is 0 Å². The molecule has 1 unspecified atom stereocenters. The fourth-order valence-corrected chi connectivity index (χ4v) is 3.44. The quantitative estimate of drug-likeness (QED) is 0.846. The molecule has 0 saturated carbocycles. The van der Waals surface area contributed by atoms with Crippen molar-refractivity contribution in [3.8, 4) is 0 Å². The number of benzene rings is 1. The summed E-state index contributed by atoms with van der Waals surface area (Å²) in [6.07, 6.45) is 5.68. The Labute approximate surface area is 137 Å². The highest BCUT2D eigenvalue weighted by Gasteiger charge is 2.37. The third kappa shape index (κ3) is 3.63. The molecule has 0 bridgehead atoms. The van der Waals surface area contributed by atoms with E-state index < -0.39 is 5.60 Å². The maximum Gasteiger partial charge on any atom is 0.103 e. The summed E-state index contributed by atoms with van der Waals surface area (Å²) in [5, 5.41) is 15.4. The number of aromatic nitrogens is 2. The molecule has 0 fully saturated rings. The molecule has 1 aromatic carbocycles. The first-order valence-electron chi connectivity index (χ1n) is 8.10. The zero-order valence-corrected chi connectivity index (χ0v) is 13.9. The molecule has 1 heterocycles. The number of nitrogens with zero attached hydrogens (tertiary/aromatic N) is 3. The maximum absolute atomic E-state index is 11.0. The van der Waals surface area contributed by atoms with Crippen molar-refractivity contribution in [3.63, 3.8) is 0 Å². The highest BCUT2D eigenvalue weighted by atomic mass is 16.5. The van der Waals surface area contributed by atoms with E-state index >= 15 is 0 Å². The predicted molar refractivity (Wildman–Crippen MR) is 89.1 cm³/mol. The molecule has 1 N–H and O–H groups in total. The average molecular weight is 315 g/mol. The molecular weight excluding hydrogens is 290 g/mol. The van der Waals surface area contributed by atoms with Gasteiger partial charge in [-0.15, -0.1) is 0 Å². The Morgan fingerprint density at radius 1 is 1.39 bits per heavy atom. The van der Waals surface area contributed by atoms with Crippen molar-refractivity contribution >= 4 is 0 Å². The van der Waals surface area contributed by atoms with Gasteiger partial charge in [-0.2, -0.15) is 5.10 Å². The maximum atomic E-state index is 11.0. The van der Waals surface area contributed by atoms with Crippen molar-refractivity contribution in [2.45, 2.75) is 31.5 Å². The second-order valence-corrected chi connectivity index (χ2v) is 6.47. The van der Waals surface area contributed by atoms with Crippen LogP contribution in [0.2, 0.25) is 0 Å². The topological polar surface area (TPSA) is 50.5 Å². The standard InChI is InChI=1S/C18H25N3O2/c1-20(12-15-11-19-21(13-15)9-10-23-2)14-18(22)8-7-16-5-3-4-6-17(16)18/h3-6,11,13,22H,7-10,12,14H2,1-2H3. The van der Waals surface area contributed by atoms with Gasteiger partial charge in [-0.25, -0.2) is 0 Å². The van der Waals surface area contributed by atoms with Crippen LogP contribution in [0.25, 0.3) is 0 Å². The van der Waals surface area contributed by atoms with Crippen molar-refractivity contribution in [3.05, 3.63) is 53.3 Å². The van der Waals surface area contributed by atoms with Gasteiger partial charge in [0.25, 0.3) is 0 Å². The third-order valence-corrected chi connectivity index (χ3v) is 4.52. The summed E-state index contributed by atoms with van der Waals surface area (Å²) < 4.78 is 6.96. The second-order valence-electron chi connectivity index (χ2n) is 6.47. The summed E-state index contributed by atoms with van der Waals surface area (Å²) in [5.41, 5.74) is 2.77. The molecule has 5 heteroatoms. The number of aliphatic hydroxyl groups is 1. The zero-order chi connectivity index (χ0) is 16.3. The Morgan fingerprint density at radius 3 is 3.04 bits per heavy atom. The molecule has 0 radical (unpaired) electrons. The lowest BCUT2D eigenvalue weighted by Crippen LogP contribution is -2.37. The van der Waals surface area contributed by atoms with Gasteiger partial charge in [0.2, 0.25) is 0 Å². The van der Waals surface area contributed by atoms with E-state index in [2.05, 4.69) is 22.1 Å². The van der Waals surface area contributed by atoms with Gasteiger partial charge >= 0.3 is 0 Å². The van der Waals surface area contributed by atoms with Gasteiger partial charge in [0.15, 0.2) is 0 Å². The first-order chi connectivity index (χ1) is 11.1. The third-order valence-electron chi connectivity index (χ3n) is 4.52. The van der Waals surface area contributed by atoms with Gasteiger partial charge in [0.1, 0.15) is 5.60 Å². The number of aryl methyl sites for hydroxylation is 1. The first-order valence-corrected chi connectivity index (χ1v) is 8.10. The van der Waals surface area contributed by atoms with Gasteiger partial charge in [-0.05, 0) is 31.0 Å². The zero-order valence-electron chi connectivity index (χ0n) is 13.9. The number of likely N-dealkylation sites (N-methyl/N-ethyl adjacent to an activating group) is 1. The van der Waals surface area contributed by atoms with Gasteiger partial charge in [-0.3, -0.25) is 9.58 Å². The van der Waals surface area contributed by atoms with Crippen LogP contribution in [0.1, 0.15) is 23.1 Å². The number of hydrogen-bond donors (Lipinski definition) is 1. The van der Waals surface area contributed by atoms with E-state index in [0.717, 1.165) is 37.1 Å². The predicted octanol–water partition coefficient (Wildman–Crippen LogP) is 1.80.